The van der Waals surface area contributed by atoms with Crippen molar-refractivity contribution < 1.29 is 9.53 Å². The van der Waals surface area contributed by atoms with Crippen molar-refractivity contribution in [1.29, 1.82) is 0 Å². The van der Waals surface area contributed by atoms with Gasteiger partial charge in [0.1, 0.15) is 23.1 Å². The summed E-state index contributed by atoms with van der Waals surface area (Å²) in [5.74, 6) is 0.447. The third kappa shape index (κ3) is 5.44. The number of nitrogens with one attached hydrogen (secondary N) is 1. The van der Waals surface area contributed by atoms with Crippen LogP contribution in [0.2, 0.25) is 10.0 Å². The molecule has 0 saturated carbocycles. The first-order chi connectivity index (χ1) is 15.0. The molecule has 1 aromatic heterocycles. The molecule has 3 aromatic carbocycles. The molecule has 0 aliphatic carbocycles. The van der Waals surface area contributed by atoms with Crippen LogP contribution in [-0.2, 0) is 6.61 Å². The van der Waals surface area contributed by atoms with E-state index in [0.29, 0.717) is 28.1 Å². The number of nitrogens with zero attached hydrogens (tertiary/aromatic N) is 1. The largest absolute Gasteiger partial charge is 0.489 e. The van der Waals surface area contributed by atoms with Crippen molar-refractivity contribution in [3.05, 3.63) is 99.0 Å². The first kappa shape index (κ1) is 21.4. The van der Waals surface area contributed by atoms with Gasteiger partial charge >= 0.3 is 0 Å². The van der Waals surface area contributed by atoms with Crippen LogP contribution in [0.4, 0.5) is 5.69 Å². The van der Waals surface area contributed by atoms with Gasteiger partial charge in [0, 0.05) is 32.2 Å². The molecule has 1 heterocycles. The summed E-state index contributed by atoms with van der Waals surface area (Å²) < 4.78 is 5.89. The Morgan fingerprint density at radius 1 is 1.06 bits per heavy atom. The second-order valence-electron chi connectivity index (χ2n) is 6.91. The number of benzene rings is 3. The van der Waals surface area contributed by atoms with Crippen LogP contribution in [0, 0.1) is 6.92 Å². The Morgan fingerprint density at radius 3 is 2.71 bits per heavy atom. The number of carbonyl (C=O) groups excluding carboxylic acids is 1. The summed E-state index contributed by atoms with van der Waals surface area (Å²) in [6, 6.07) is 20.5. The molecule has 4 rings (SSSR count). The molecule has 1 N–H and O–H groups in total. The van der Waals surface area contributed by atoms with Crippen molar-refractivity contribution in [3.63, 3.8) is 0 Å². The Kier molecular flexibility index (Phi) is 6.56. The van der Waals surface area contributed by atoms with E-state index in [9.17, 15) is 4.79 Å². The molecule has 0 unspecified atom stereocenters. The van der Waals surface area contributed by atoms with Crippen LogP contribution in [0.15, 0.2) is 72.1 Å². The van der Waals surface area contributed by atoms with E-state index < -0.39 is 0 Å². The standard InChI is InChI=1S/C24H18Cl2N2O2S/c1-15-4-2-6-19(10-15)27-23(29)22-14-31-24(28-22)16-5-3-7-20(11-16)30-13-17-8-9-18(25)12-21(17)26/h2-12,14H,13H2,1H3,(H,27,29). The summed E-state index contributed by atoms with van der Waals surface area (Å²) >= 11 is 13.6. The highest BCUT2D eigenvalue weighted by atomic mass is 35.5. The van der Waals surface area contributed by atoms with Crippen molar-refractivity contribution in [2.45, 2.75) is 13.5 Å². The van der Waals surface area contributed by atoms with Gasteiger partial charge in [0.05, 0.1) is 0 Å². The van der Waals surface area contributed by atoms with Crippen LogP contribution in [0.1, 0.15) is 21.6 Å². The lowest BCUT2D eigenvalue weighted by atomic mass is 10.2. The third-order valence-corrected chi connectivity index (χ3v) is 5.98. The highest BCUT2D eigenvalue weighted by Crippen LogP contribution is 2.28. The van der Waals surface area contributed by atoms with Crippen LogP contribution in [0.3, 0.4) is 0 Å². The smallest absolute Gasteiger partial charge is 0.275 e. The number of carbonyl (C=O) groups is 1. The Morgan fingerprint density at radius 2 is 1.90 bits per heavy atom. The van der Waals surface area contributed by atoms with Crippen LogP contribution in [0.25, 0.3) is 10.6 Å². The van der Waals surface area contributed by atoms with E-state index in [-0.39, 0.29) is 5.91 Å². The van der Waals surface area contributed by atoms with Crippen molar-refractivity contribution in [2.75, 3.05) is 5.32 Å². The van der Waals surface area contributed by atoms with Crippen molar-refractivity contribution in [3.8, 4) is 16.3 Å². The van der Waals surface area contributed by atoms with Crippen LogP contribution in [0.5, 0.6) is 5.75 Å². The topological polar surface area (TPSA) is 51.2 Å². The molecule has 31 heavy (non-hydrogen) atoms. The maximum Gasteiger partial charge on any atom is 0.275 e. The molecule has 0 saturated heterocycles. The third-order valence-electron chi connectivity index (χ3n) is 4.50. The molecule has 0 fully saturated rings. The highest BCUT2D eigenvalue weighted by Gasteiger charge is 2.13. The van der Waals surface area contributed by atoms with Crippen LogP contribution >= 0.6 is 34.5 Å². The number of halogens is 2. The lowest BCUT2D eigenvalue weighted by Gasteiger charge is -2.09. The molecule has 7 heteroatoms. The number of hydrogen-bond acceptors (Lipinski definition) is 4. The van der Waals surface area contributed by atoms with Gasteiger partial charge in [-0.25, -0.2) is 4.98 Å². The van der Waals surface area contributed by atoms with E-state index >= 15 is 0 Å². The average Bonchev–Trinajstić information content (AvgIpc) is 3.24. The zero-order valence-electron chi connectivity index (χ0n) is 16.6. The second-order valence-corrected chi connectivity index (χ2v) is 8.62. The SMILES string of the molecule is Cc1cccc(NC(=O)c2csc(-c3cccc(OCc4ccc(Cl)cc4Cl)c3)n2)c1. The molecule has 0 aliphatic rings. The summed E-state index contributed by atoms with van der Waals surface area (Å²) in [5.41, 5.74) is 3.92. The fraction of sp³-hybridized carbons (Fsp3) is 0.0833. The fourth-order valence-electron chi connectivity index (χ4n) is 2.95. The van der Waals surface area contributed by atoms with Gasteiger partial charge in [-0.2, -0.15) is 0 Å². The van der Waals surface area contributed by atoms with E-state index in [1.54, 1.807) is 17.5 Å². The normalized spacial score (nSPS) is 10.7. The average molecular weight is 469 g/mol. The van der Waals surface area contributed by atoms with Gasteiger partial charge in [0.25, 0.3) is 5.91 Å². The monoisotopic (exact) mass is 468 g/mol. The van der Waals surface area contributed by atoms with Crippen LogP contribution < -0.4 is 10.1 Å². The van der Waals surface area contributed by atoms with Gasteiger partial charge in [-0.15, -0.1) is 11.3 Å². The minimum Gasteiger partial charge on any atom is -0.489 e. The molecule has 4 nitrogen and oxygen atoms in total. The van der Waals surface area contributed by atoms with E-state index in [1.807, 2.05) is 61.5 Å². The number of aryl methyl sites for hydroxylation is 1. The summed E-state index contributed by atoms with van der Waals surface area (Å²) in [6.45, 7) is 2.30. The number of amides is 1. The fourth-order valence-corrected chi connectivity index (χ4v) is 4.21. The minimum absolute atomic E-state index is 0.238. The highest BCUT2D eigenvalue weighted by molar-refractivity contribution is 7.13. The molecule has 0 aliphatic heterocycles. The molecule has 1 amide bonds. The molecular formula is C24H18Cl2N2O2S. The molecule has 0 atom stereocenters. The quantitative estimate of drug-likeness (QED) is 0.323. The van der Waals surface area contributed by atoms with Gasteiger partial charge in [0.2, 0.25) is 0 Å². The van der Waals surface area contributed by atoms with Gasteiger partial charge in [-0.3, -0.25) is 4.79 Å². The van der Waals surface area contributed by atoms with Crippen molar-refractivity contribution in [2.24, 2.45) is 0 Å². The Labute approximate surface area is 194 Å². The van der Waals surface area contributed by atoms with E-state index in [2.05, 4.69) is 10.3 Å². The van der Waals surface area contributed by atoms with Gasteiger partial charge in [-0.05, 0) is 48.9 Å². The number of ether oxygens (including phenoxy) is 1. The van der Waals surface area contributed by atoms with E-state index in [0.717, 1.165) is 27.4 Å². The van der Waals surface area contributed by atoms with Crippen LogP contribution in [-0.4, -0.2) is 10.9 Å². The summed E-state index contributed by atoms with van der Waals surface area (Å²) in [5, 5.41) is 6.52. The van der Waals surface area contributed by atoms with Gasteiger partial charge < -0.3 is 10.1 Å². The minimum atomic E-state index is -0.238. The molecule has 0 radical (unpaired) electrons. The molecule has 156 valence electrons. The second kappa shape index (κ2) is 9.52. The summed E-state index contributed by atoms with van der Waals surface area (Å²) in [4.78, 5) is 17.0. The maximum atomic E-state index is 12.5. The maximum absolute atomic E-state index is 12.5. The Hall–Kier alpha value is -2.86. The first-order valence-corrected chi connectivity index (χ1v) is 11.1. The number of rotatable bonds is 6. The molecule has 0 bridgehead atoms. The Balaban J connectivity index is 1.45. The number of thiazole rings is 1. The lowest BCUT2D eigenvalue weighted by molar-refractivity contribution is 0.102. The van der Waals surface area contributed by atoms with Gasteiger partial charge in [-0.1, -0.05) is 53.5 Å². The molecular weight excluding hydrogens is 451 g/mol. The number of aromatic nitrogens is 1. The Bertz CT molecular complexity index is 1240. The lowest BCUT2D eigenvalue weighted by Crippen LogP contribution is -2.12. The van der Waals surface area contributed by atoms with Gasteiger partial charge in [0.15, 0.2) is 0 Å². The zero-order valence-corrected chi connectivity index (χ0v) is 18.9. The first-order valence-electron chi connectivity index (χ1n) is 9.48. The predicted molar refractivity (Wildman–Crippen MR) is 127 cm³/mol. The van der Waals surface area contributed by atoms with E-state index in [4.69, 9.17) is 27.9 Å². The van der Waals surface area contributed by atoms with E-state index in [1.165, 1.54) is 11.3 Å². The molecule has 4 aromatic rings. The van der Waals surface area contributed by atoms with Crippen molar-refractivity contribution in [1.82, 2.24) is 4.98 Å². The van der Waals surface area contributed by atoms with Crippen molar-refractivity contribution >= 4 is 46.1 Å². The summed E-state index contributed by atoms with van der Waals surface area (Å²) in [6.07, 6.45) is 0. The predicted octanol–water partition coefficient (Wildman–Crippen LogP) is 7.26. The number of anilines is 1. The summed E-state index contributed by atoms with van der Waals surface area (Å²) in [7, 11) is 0. The molecule has 0 spiro atoms. The number of hydrogen-bond donors (Lipinski definition) is 1. The zero-order chi connectivity index (χ0) is 21.8.